The minimum atomic E-state index is -0.105. The third-order valence-electron chi connectivity index (χ3n) is 2.79. The molecule has 0 aromatic carbocycles. The number of ether oxygens (including phenoxy) is 1. The summed E-state index contributed by atoms with van der Waals surface area (Å²) in [5.74, 6) is 1.20. The lowest BCUT2D eigenvalue weighted by molar-refractivity contribution is -0.114. The predicted molar refractivity (Wildman–Crippen MR) is 66.6 cm³/mol. The lowest BCUT2D eigenvalue weighted by atomic mass is 10.2. The highest BCUT2D eigenvalue weighted by Crippen LogP contribution is 2.32. The maximum atomic E-state index is 11.7. The van der Waals surface area contributed by atoms with Crippen LogP contribution in [0, 0.1) is 0 Å². The number of likely N-dealkylation sites (N-methyl/N-ethyl adjacent to an activating group) is 1. The van der Waals surface area contributed by atoms with Gasteiger partial charge in [-0.2, -0.15) is 4.98 Å². The molecule has 0 unspecified atom stereocenters. The molecule has 90 valence electrons. The van der Waals surface area contributed by atoms with Gasteiger partial charge in [-0.25, -0.2) is 0 Å². The standard InChI is InChI=1S/C12H15N3O2/c1-4-11(16)15-8-7-14(2)12-9(15)5-6-10(13-12)17-3/h4-6H,1,7-8H2,2-3H3. The zero-order valence-corrected chi connectivity index (χ0v) is 10.0. The fourth-order valence-corrected chi connectivity index (χ4v) is 1.84. The van der Waals surface area contributed by atoms with E-state index in [0.717, 1.165) is 18.1 Å². The van der Waals surface area contributed by atoms with E-state index in [1.807, 2.05) is 18.0 Å². The Morgan fingerprint density at radius 2 is 2.29 bits per heavy atom. The molecular formula is C12H15N3O2. The highest BCUT2D eigenvalue weighted by atomic mass is 16.5. The highest BCUT2D eigenvalue weighted by Gasteiger charge is 2.25. The van der Waals surface area contributed by atoms with Gasteiger partial charge in [0, 0.05) is 26.2 Å². The number of methoxy groups -OCH3 is 1. The molecule has 0 aliphatic carbocycles. The van der Waals surface area contributed by atoms with E-state index in [9.17, 15) is 4.79 Å². The Hall–Kier alpha value is -2.04. The summed E-state index contributed by atoms with van der Waals surface area (Å²) >= 11 is 0. The molecule has 1 aliphatic heterocycles. The molecule has 0 spiro atoms. The first-order valence-electron chi connectivity index (χ1n) is 5.37. The van der Waals surface area contributed by atoms with Gasteiger partial charge >= 0.3 is 0 Å². The third kappa shape index (κ3) is 1.95. The maximum absolute atomic E-state index is 11.7. The number of fused-ring (bicyclic) bond motifs is 1. The van der Waals surface area contributed by atoms with Crippen molar-refractivity contribution in [3.05, 3.63) is 24.8 Å². The molecule has 1 aliphatic rings. The van der Waals surface area contributed by atoms with E-state index >= 15 is 0 Å². The van der Waals surface area contributed by atoms with Crippen LogP contribution in [0.4, 0.5) is 11.5 Å². The summed E-state index contributed by atoms with van der Waals surface area (Å²) in [6.45, 7) is 4.90. The number of aromatic nitrogens is 1. The first kappa shape index (κ1) is 11.4. The number of hydrogen-bond acceptors (Lipinski definition) is 4. The number of carbonyl (C=O) groups excluding carboxylic acids is 1. The van der Waals surface area contributed by atoms with Crippen molar-refractivity contribution in [3.8, 4) is 5.88 Å². The Bertz CT molecular complexity index is 459. The van der Waals surface area contributed by atoms with Crippen LogP contribution in [0.3, 0.4) is 0 Å². The van der Waals surface area contributed by atoms with E-state index < -0.39 is 0 Å². The molecule has 1 aromatic heterocycles. The lowest BCUT2D eigenvalue weighted by Crippen LogP contribution is -2.42. The van der Waals surface area contributed by atoms with Crippen LogP contribution in [0.25, 0.3) is 0 Å². The zero-order valence-electron chi connectivity index (χ0n) is 10.0. The Balaban J connectivity index is 2.46. The van der Waals surface area contributed by atoms with E-state index in [2.05, 4.69) is 11.6 Å². The molecule has 0 fully saturated rings. The van der Waals surface area contributed by atoms with Gasteiger partial charge in [-0.15, -0.1) is 0 Å². The SMILES string of the molecule is C=CC(=O)N1CCN(C)c2nc(OC)ccc21. The summed E-state index contributed by atoms with van der Waals surface area (Å²) in [6, 6.07) is 3.60. The second kappa shape index (κ2) is 4.45. The average Bonchev–Trinajstić information content (AvgIpc) is 2.38. The molecule has 5 nitrogen and oxygen atoms in total. The van der Waals surface area contributed by atoms with Crippen molar-refractivity contribution in [2.45, 2.75) is 0 Å². The second-order valence-electron chi connectivity index (χ2n) is 3.81. The van der Waals surface area contributed by atoms with Crippen LogP contribution in [-0.4, -0.2) is 38.1 Å². The van der Waals surface area contributed by atoms with Crippen LogP contribution < -0.4 is 14.5 Å². The number of nitrogens with zero attached hydrogens (tertiary/aromatic N) is 3. The van der Waals surface area contributed by atoms with Gasteiger partial charge in [0.25, 0.3) is 5.91 Å². The first-order chi connectivity index (χ1) is 8.17. The number of pyridine rings is 1. The van der Waals surface area contributed by atoms with Crippen molar-refractivity contribution in [1.29, 1.82) is 0 Å². The lowest BCUT2D eigenvalue weighted by Gasteiger charge is -2.34. The van der Waals surface area contributed by atoms with Gasteiger partial charge < -0.3 is 14.5 Å². The van der Waals surface area contributed by atoms with Gasteiger partial charge in [0.1, 0.15) is 0 Å². The smallest absolute Gasteiger partial charge is 0.250 e. The zero-order chi connectivity index (χ0) is 12.4. The van der Waals surface area contributed by atoms with Crippen LogP contribution in [0.15, 0.2) is 24.8 Å². The number of rotatable bonds is 2. The van der Waals surface area contributed by atoms with Crippen molar-refractivity contribution in [2.75, 3.05) is 37.0 Å². The summed E-state index contributed by atoms with van der Waals surface area (Å²) in [6.07, 6.45) is 1.32. The van der Waals surface area contributed by atoms with Crippen LogP contribution in [0.1, 0.15) is 0 Å². The number of hydrogen-bond donors (Lipinski definition) is 0. The third-order valence-corrected chi connectivity index (χ3v) is 2.79. The molecule has 2 heterocycles. The monoisotopic (exact) mass is 233 g/mol. The van der Waals surface area contributed by atoms with Gasteiger partial charge in [-0.1, -0.05) is 6.58 Å². The molecule has 1 aromatic rings. The second-order valence-corrected chi connectivity index (χ2v) is 3.81. The Labute approximate surface area is 100 Å². The summed E-state index contributed by atoms with van der Waals surface area (Å²) in [4.78, 5) is 19.8. The van der Waals surface area contributed by atoms with Crippen molar-refractivity contribution in [1.82, 2.24) is 4.98 Å². The van der Waals surface area contributed by atoms with Crippen molar-refractivity contribution < 1.29 is 9.53 Å². The van der Waals surface area contributed by atoms with Crippen LogP contribution in [0.2, 0.25) is 0 Å². The van der Waals surface area contributed by atoms with E-state index in [-0.39, 0.29) is 5.91 Å². The minimum absolute atomic E-state index is 0.105. The van der Waals surface area contributed by atoms with Gasteiger partial charge in [0.15, 0.2) is 5.82 Å². The minimum Gasteiger partial charge on any atom is -0.481 e. The molecule has 5 heteroatoms. The molecule has 0 saturated heterocycles. The summed E-state index contributed by atoms with van der Waals surface area (Å²) in [5.41, 5.74) is 0.796. The Morgan fingerprint density at radius 3 is 2.94 bits per heavy atom. The molecular weight excluding hydrogens is 218 g/mol. The van der Waals surface area contributed by atoms with Crippen LogP contribution in [0.5, 0.6) is 5.88 Å². The van der Waals surface area contributed by atoms with Crippen LogP contribution >= 0.6 is 0 Å². The molecule has 0 bridgehead atoms. The van der Waals surface area contributed by atoms with Crippen molar-refractivity contribution in [2.24, 2.45) is 0 Å². The van der Waals surface area contributed by atoms with Gasteiger partial charge in [0.05, 0.1) is 12.8 Å². The summed E-state index contributed by atoms with van der Waals surface area (Å²) in [7, 11) is 3.52. The summed E-state index contributed by atoms with van der Waals surface area (Å²) < 4.78 is 5.09. The van der Waals surface area contributed by atoms with E-state index in [1.165, 1.54) is 6.08 Å². The molecule has 0 saturated carbocycles. The normalized spacial score (nSPS) is 14.2. The van der Waals surface area contributed by atoms with Gasteiger partial charge in [0.2, 0.25) is 5.88 Å². The fourth-order valence-electron chi connectivity index (χ4n) is 1.84. The molecule has 0 radical (unpaired) electrons. The summed E-state index contributed by atoms with van der Waals surface area (Å²) in [5, 5.41) is 0. The quantitative estimate of drug-likeness (QED) is 0.716. The van der Waals surface area contributed by atoms with E-state index in [0.29, 0.717) is 12.4 Å². The molecule has 17 heavy (non-hydrogen) atoms. The molecule has 1 amide bonds. The topological polar surface area (TPSA) is 45.7 Å². The van der Waals surface area contributed by atoms with Gasteiger partial charge in [-0.3, -0.25) is 4.79 Å². The number of anilines is 2. The van der Waals surface area contributed by atoms with Crippen molar-refractivity contribution >= 4 is 17.4 Å². The predicted octanol–water partition coefficient (Wildman–Crippen LogP) is 1.06. The molecule has 2 rings (SSSR count). The first-order valence-corrected chi connectivity index (χ1v) is 5.37. The Morgan fingerprint density at radius 1 is 1.53 bits per heavy atom. The average molecular weight is 233 g/mol. The Kier molecular flexibility index (Phi) is 2.99. The maximum Gasteiger partial charge on any atom is 0.250 e. The van der Waals surface area contributed by atoms with Gasteiger partial charge in [-0.05, 0) is 12.1 Å². The molecule has 0 atom stereocenters. The number of carbonyl (C=O) groups is 1. The van der Waals surface area contributed by atoms with E-state index in [1.54, 1.807) is 18.1 Å². The van der Waals surface area contributed by atoms with E-state index in [4.69, 9.17) is 4.74 Å². The largest absolute Gasteiger partial charge is 0.481 e. The highest BCUT2D eigenvalue weighted by molar-refractivity contribution is 6.03. The fraction of sp³-hybridized carbons (Fsp3) is 0.333. The van der Waals surface area contributed by atoms with Crippen LogP contribution in [-0.2, 0) is 4.79 Å². The van der Waals surface area contributed by atoms with Crippen molar-refractivity contribution in [3.63, 3.8) is 0 Å². The number of amides is 1. The molecule has 0 N–H and O–H groups in total.